The third kappa shape index (κ3) is 4.01. The van der Waals surface area contributed by atoms with E-state index in [1.165, 1.54) is 11.0 Å². The van der Waals surface area contributed by atoms with Gasteiger partial charge in [0.15, 0.2) is 0 Å². The molecule has 0 unspecified atom stereocenters. The normalized spacial score (nSPS) is 14.0. The first-order chi connectivity index (χ1) is 13.9. The van der Waals surface area contributed by atoms with Crippen LogP contribution in [0.25, 0.3) is 0 Å². The fraction of sp³-hybridized carbons (Fsp3) is 0.348. The maximum Gasteiger partial charge on any atom is 0.261 e. The van der Waals surface area contributed by atoms with Gasteiger partial charge in [0.25, 0.3) is 17.7 Å². The number of carbonyl (C=O) groups excluding carboxylic acids is 3. The minimum atomic E-state index is -0.332. The zero-order valence-electron chi connectivity index (χ0n) is 17.2. The standard InChI is InChI=1S/C23H26N2O4/c1-5-6-11-25-22(27)17-9-8-16(13-19(17)23(25)28)21(26)24-15(3)18-12-14(2)7-10-20(18)29-4/h7-10,12-13,15H,5-6,11H2,1-4H3,(H,24,26)/t15-/m0/s1. The highest BCUT2D eigenvalue weighted by Gasteiger charge is 2.35. The lowest BCUT2D eigenvalue weighted by atomic mass is 10.0. The van der Waals surface area contributed by atoms with Crippen LogP contribution in [0.3, 0.4) is 0 Å². The molecule has 1 atom stereocenters. The van der Waals surface area contributed by atoms with Crippen molar-refractivity contribution in [3.63, 3.8) is 0 Å². The van der Waals surface area contributed by atoms with Crippen molar-refractivity contribution in [1.29, 1.82) is 0 Å². The second-order valence-corrected chi connectivity index (χ2v) is 7.32. The average Bonchev–Trinajstić information content (AvgIpc) is 2.95. The van der Waals surface area contributed by atoms with Crippen molar-refractivity contribution in [1.82, 2.24) is 10.2 Å². The monoisotopic (exact) mass is 394 g/mol. The Morgan fingerprint density at radius 1 is 1.10 bits per heavy atom. The third-order valence-electron chi connectivity index (χ3n) is 5.17. The number of nitrogens with one attached hydrogen (secondary N) is 1. The molecule has 0 aromatic heterocycles. The minimum Gasteiger partial charge on any atom is -0.496 e. The van der Waals surface area contributed by atoms with E-state index in [2.05, 4.69) is 5.32 Å². The third-order valence-corrected chi connectivity index (χ3v) is 5.17. The van der Waals surface area contributed by atoms with E-state index in [0.29, 0.717) is 29.0 Å². The first-order valence-corrected chi connectivity index (χ1v) is 9.83. The number of methoxy groups -OCH3 is 1. The average molecular weight is 394 g/mol. The van der Waals surface area contributed by atoms with E-state index >= 15 is 0 Å². The predicted molar refractivity (Wildman–Crippen MR) is 110 cm³/mol. The molecular weight excluding hydrogens is 368 g/mol. The van der Waals surface area contributed by atoms with Gasteiger partial charge in [-0.05, 0) is 44.5 Å². The Morgan fingerprint density at radius 2 is 1.83 bits per heavy atom. The number of fused-ring (bicyclic) bond motifs is 1. The lowest BCUT2D eigenvalue weighted by Crippen LogP contribution is -2.30. The Hall–Kier alpha value is -3.15. The highest BCUT2D eigenvalue weighted by molar-refractivity contribution is 6.22. The van der Waals surface area contributed by atoms with Crippen LogP contribution in [0.5, 0.6) is 5.75 Å². The molecular formula is C23H26N2O4. The molecule has 6 nitrogen and oxygen atoms in total. The Labute approximate surface area is 170 Å². The number of benzene rings is 2. The molecule has 1 heterocycles. The van der Waals surface area contributed by atoms with Gasteiger partial charge in [-0.15, -0.1) is 0 Å². The van der Waals surface area contributed by atoms with Crippen LogP contribution in [-0.2, 0) is 0 Å². The van der Waals surface area contributed by atoms with E-state index in [0.717, 1.165) is 24.0 Å². The highest BCUT2D eigenvalue weighted by atomic mass is 16.5. The molecule has 2 aromatic carbocycles. The van der Waals surface area contributed by atoms with E-state index in [9.17, 15) is 14.4 Å². The van der Waals surface area contributed by atoms with Gasteiger partial charge in [0.05, 0.1) is 24.3 Å². The summed E-state index contributed by atoms with van der Waals surface area (Å²) < 4.78 is 5.40. The van der Waals surface area contributed by atoms with Gasteiger partial charge in [0, 0.05) is 17.7 Å². The molecule has 0 radical (unpaired) electrons. The summed E-state index contributed by atoms with van der Waals surface area (Å²) in [5.41, 5.74) is 2.94. The fourth-order valence-corrected chi connectivity index (χ4v) is 3.50. The molecule has 0 bridgehead atoms. The maximum atomic E-state index is 12.8. The van der Waals surface area contributed by atoms with Crippen LogP contribution in [0.15, 0.2) is 36.4 Å². The van der Waals surface area contributed by atoms with E-state index in [1.54, 1.807) is 19.2 Å². The second kappa shape index (κ2) is 8.47. The number of imide groups is 1. The molecule has 1 aliphatic rings. The predicted octanol–water partition coefficient (Wildman–Crippen LogP) is 3.89. The molecule has 3 rings (SSSR count). The van der Waals surface area contributed by atoms with Gasteiger partial charge in [0.2, 0.25) is 0 Å². The number of ether oxygens (including phenoxy) is 1. The summed E-state index contributed by atoms with van der Waals surface area (Å²) in [5, 5.41) is 2.95. The first-order valence-electron chi connectivity index (χ1n) is 9.83. The van der Waals surface area contributed by atoms with Crippen LogP contribution in [0, 0.1) is 6.92 Å². The molecule has 2 aromatic rings. The summed E-state index contributed by atoms with van der Waals surface area (Å²) in [4.78, 5) is 39.1. The second-order valence-electron chi connectivity index (χ2n) is 7.32. The zero-order chi connectivity index (χ0) is 21.1. The van der Waals surface area contributed by atoms with Gasteiger partial charge in [0.1, 0.15) is 5.75 Å². The van der Waals surface area contributed by atoms with E-state index in [4.69, 9.17) is 4.74 Å². The van der Waals surface area contributed by atoms with Crippen molar-refractivity contribution in [2.75, 3.05) is 13.7 Å². The number of hydrogen-bond acceptors (Lipinski definition) is 4. The first kappa shape index (κ1) is 20.6. The van der Waals surface area contributed by atoms with Crippen molar-refractivity contribution >= 4 is 17.7 Å². The van der Waals surface area contributed by atoms with Crippen LogP contribution in [0.1, 0.15) is 74.9 Å². The summed E-state index contributed by atoms with van der Waals surface area (Å²) >= 11 is 0. The summed E-state index contributed by atoms with van der Waals surface area (Å²) in [7, 11) is 1.59. The molecule has 6 heteroatoms. The van der Waals surface area contributed by atoms with Crippen molar-refractivity contribution in [3.8, 4) is 5.75 Å². The van der Waals surface area contributed by atoms with Gasteiger partial charge in [-0.1, -0.05) is 31.0 Å². The number of unbranched alkanes of at least 4 members (excludes halogenated alkanes) is 1. The van der Waals surface area contributed by atoms with E-state index in [-0.39, 0.29) is 23.8 Å². The van der Waals surface area contributed by atoms with Crippen LogP contribution in [0.4, 0.5) is 0 Å². The van der Waals surface area contributed by atoms with Gasteiger partial charge in [-0.2, -0.15) is 0 Å². The summed E-state index contributed by atoms with van der Waals surface area (Å²) in [6, 6.07) is 10.2. The van der Waals surface area contributed by atoms with E-state index < -0.39 is 0 Å². The van der Waals surface area contributed by atoms with Crippen molar-refractivity contribution < 1.29 is 19.1 Å². The number of hydrogen-bond donors (Lipinski definition) is 1. The van der Waals surface area contributed by atoms with Crippen molar-refractivity contribution in [2.45, 2.75) is 39.7 Å². The molecule has 3 amide bonds. The molecule has 29 heavy (non-hydrogen) atoms. The number of rotatable bonds is 7. The Kier molecular flexibility index (Phi) is 6.01. The zero-order valence-corrected chi connectivity index (χ0v) is 17.2. The van der Waals surface area contributed by atoms with Crippen molar-refractivity contribution in [3.05, 3.63) is 64.2 Å². The van der Waals surface area contributed by atoms with Crippen molar-refractivity contribution in [2.24, 2.45) is 0 Å². The molecule has 0 saturated heterocycles. The summed E-state index contributed by atoms with van der Waals surface area (Å²) in [5.74, 6) is -0.231. The van der Waals surface area contributed by atoms with Crippen LogP contribution in [0.2, 0.25) is 0 Å². The fourth-order valence-electron chi connectivity index (χ4n) is 3.50. The summed E-state index contributed by atoms with van der Waals surface area (Å²) in [6.07, 6.45) is 1.65. The lowest BCUT2D eigenvalue weighted by Gasteiger charge is -2.18. The molecule has 1 aliphatic heterocycles. The molecule has 0 saturated carbocycles. The maximum absolute atomic E-state index is 12.8. The topological polar surface area (TPSA) is 75.7 Å². The van der Waals surface area contributed by atoms with Crippen LogP contribution >= 0.6 is 0 Å². The Bertz CT molecular complexity index is 967. The number of carbonyl (C=O) groups is 3. The SMILES string of the molecule is CCCCN1C(=O)c2ccc(C(=O)N[C@@H](C)c3cc(C)ccc3OC)cc2C1=O. The van der Waals surface area contributed by atoms with E-state index in [1.807, 2.05) is 39.0 Å². The Balaban J connectivity index is 1.80. The quantitative estimate of drug-likeness (QED) is 0.723. The minimum absolute atomic E-state index is 0.288. The molecule has 0 spiro atoms. The number of aryl methyl sites for hydroxylation is 1. The molecule has 1 N–H and O–H groups in total. The molecule has 0 fully saturated rings. The smallest absolute Gasteiger partial charge is 0.261 e. The largest absolute Gasteiger partial charge is 0.496 e. The number of amides is 3. The van der Waals surface area contributed by atoms with Crippen LogP contribution < -0.4 is 10.1 Å². The van der Waals surface area contributed by atoms with Crippen LogP contribution in [-0.4, -0.2) is 36.3 Å². The number of nitrogens with zero attached hydrogens (tertiary/aromatic N) is 1. The van der Waals surface area contributed by atoms with Gasteiger partial charge in [-0.3, -0.25) is 19.3 Å². The Morgan fingerprint density at radius 3 is 2.52 bits per heavy atom. The van der Waals surface area contributed by atoms with Gasteiger partial charge >= 0.3 is 0 Å². The highest BCUT2D eigenvalue weighted by Crippen LogP contribution is 2.27. The summed E-state index contributed by atoms with van der Waals surface area (Å²) in [6.45, 7) is 6.26. The van der Waals surface area contributed by atoms with Gasteiger partial charge < -0.3 is 10.1 Å². The molecule has 152 valence electrons. The molecule has 0 aliphatic carbocycles. The lowest BCUT2D eigenvalue weighted by molar-refractivity contribution is 0.0652. The van der Waals surface area contributed by atoms with Gasteiger partial charge in [-0.25, -0.2) is 0 Å².